The molecule has 0 unspecified atom stereocenters. The molecule has 0 aromatic carbocycles. The van der Waals surface area contributed by atoms with Gasteiger partial charge < -0.3 is 5.73 Å². The van der Waals surface area contributed by atoms with E-state index < -0.39 is 0 Å². The minimum atomic E-state index is 0.521. The van der Waals surface area contributed by atoms with Gasteiger partial charge in [0, 0.05) is 0 Å². The highest BCUT2D eigenvalue weighted by molar-refractivity contribution is 5.42. The molecule has 68 valence electrons. The fourth-order valence-electron chi connectivity index (χ4n) is 1.32. The van der Waals surface area contributed by atoms with Crippen molar-refractivity contribution in [2.75, 3.05) is 5.73 Å². The van der Waals surface area contributed by atoms with E-state index in [1.807, 2.05) is 12.3 Å². The van der Waals surface area contributed by atoms with Crippen LogP contribution in [0.5, 0.6) is 0 Å². The molecule has 4 nitrogen and oxygen atoms in total. The highest BCUT2D eigenvalue weighted by Crippen LogP contribution is 2.06. The van der Waals surface area contributed by atoms with Crippen molar-refractivity contribution in [1.29, 1.82) is 0 Å². The summed E-state index contributed by atoms with van der Waals surface area (Å²) in [6.07, 6.45) is 4.01. The molecule has 4 heteroatoms. The molecule has 2 heterocycles. The first-order valence-corrected chi connectivity index (χ1v) is 4.40. The van der Waals surface area contributed by atoms with Crippen LogP contribution in [0.2, 0.25) is 0 Å². The van der Waals surface area contributed by atoms with E-state index in [0.717, 1.165) is 24.2 Å². The molecule has 0 aliphatic heterocycles. The van der Waals surface area contributed by atoms with E-state index in [1.165, 1.54) is 0 Å². The zero-order chi connectivity index (χ0) is 9.26. The number of hydrogen-bond donors (Lipinski definition) is 1. The van der Waals surface area contributed by atoms with Crippen LogP contribution in [-0.2, 0) is 6.42 Å². The molecule has 0 aliphatic rings. The lowest BCUT2D eigenvalue weighted by Crippen LogP contribution is -1.95. The van der Waals surface area contributed by atoms with E-state index in [0.29, 0.717) is 5.82 Å². The molecular weight excluding hydrogens is 164 g/mol. The van der Waals surface area contributed by atoms with Crippen molar-refractivity contribution in [1.82, 2.24) is 14.6 Å². The number of aromatic nitrogens is 3. The molecule has 13 heavy (non-hydrogen) atoms. The normalized spacial score (nSPS) is 10.8. The summed E-state index contributed by atoms with van der Waals surface area (Å²) in [5.74, 6) is 0.521. The molecule has 0 aliphatic carbocycles. The quantitative estimate of drug-likeness (QED) is 0.749. The van der Waals surface area contributed by atoms with Gasteiger partial charge in [-0.1, -0.05) is 13.3 Å². The number of rotatable bonds is 2. The lowest BCUT2D eigenvalue weighted by Gasteiger charge is -1.91. The van der Waals surface area contributed by atoms with Crippen molar-refractivity contribution in [3.63, 3.8) is 0 Å². The van der Waals surface area contributed by atoms with Crippen molar-refractivity contribution in [3.05, 3.63) is 24.0 Å². The molecule has 2 aromatic rings. The average molecular weight is 176 g/mol. The molecule has 2 aromatic heterocycles. The first kappa shape index (κ1) is 8.04. The number of anilines is 1. The number of nitrogens with zero attached hydrogens (tertiary/aromatic N) is 3. The Morgan fingerprint density at radius 3 is 3.08 bits per heavy atom. The number of fused-ring (bicyclic) bond motifs is 1. The van der Waals surface area contributed by atoms with Gasteiger partial charge in [0.2, 0.25) is 0 Å². The highest BCUT2D eigenvalue weighted by Gasteiger charge is 2.00. The van der Waals surface area contributed by atoms with Gasteiger partial charge in [-0.2, -0.15) is 0 Å². The van der Waals surface area contributed by atoms with Crippen LogP contribution in [0, 0.1) is 0 Å². The third-order valence-corrected chi connectivity index (χ3v) is 1.90. The zero-order valence-corrected chi connectivity index (χ0v) is 7.57. The number of imidazole rings is 1. The fraction of sp³-hybridized carbons (Fsp3) is 0.333. The predicted octanol–water partition coefficient (Wildman–Crippen LogP) is 1.26. The van der Waals surface area contributed by atoms with Crippen LogP contribution in [0.4, 0.5) is 5.82 Å². The molecule has 2 N–H and O–H groups in total. The molecular formula is C9H12N4. The maximum Gasteiger partial charge on any atom is 0.153 e. The van der Waals surface area contributed by atoms with Crippen LogP contribution in [0.25, 0.3) is 5.65 Å². The minimum Gasteiger partial charge on any atom is -0.382 e. The van der Waals surface area contributed by atoms with E-state index in [-0.39, 0.29) is 0 Å². The summed E-state index contributed by atoms with van der Waals surface area (Å²) in [5.41, 5.74) is 7.48. The average Bonchev–Trinajstić information content (AvgIpc) is 2.46. The Labute approximate surface area is 76.4 Å². The first-order chi connectivity index (χ1) is 6.29. The second kappa shape index (κ2) is 3.05. The maximum absolute atomic E-state index is 5.55. The molecule has 0 radical (unpaired) electrons. The summed E-state index contributed by atoms with van der Waals surface area (Å²) in [6, 6.07) is 3.64. The zero-order valence-electron chi connectivity index (χ0n) is 7.57. The number of nitrogen functional groups attached to an aromatic ring is 1. The van der Waals surface area contributed by atoms with Gasteiger partial charge in [0.05, 0.1) is 11.9 Å². The number of aryl methyl sites for hydroxylation is 1. The highest BCUT2D eigenvalue weighted by atomic mass is 15.3. The molecule has 0 saturated heterocycles. The standard InChI is InChI=1S/C9H12N4/c1-2-3-7-6-13-9(11-7)5-4-8(10)12-13/h4-6H,2-3H2,1H3,(H2,10,12). The molecule has 2 rings (SSSR count). The molecule has 0 bridgehead atoms. The van der Waals surface area contributed by atoms with Crippen LogP contribution in [-0.4, -0.2) is 14.6 Å². The van der Waals surface area contributed by atoms with E-state index >= 15 is 0 Å². The van der Waals surface area contributed by atoms with E-state index in [4.69, 9.17) is 5.73 Å². The van der Waals surface area contributed by atoms with E-state index in [9.17, 15) is 0 Å². The monoisotopic (exact) mass is 176 g/mol. The number of nitrogens with two attached hydrogens (primary N) is 1. The number of hydrogen-bond acceptors (Lipinski definition) is 3. The molecule has 0 amide bonds. The van der Waals surface area contributed by atoms with Gasteiger partial charge in [0.15, 0.2) is 5.65 Å². The SMILES string of the molecule is CCCc1cn2nc(N)ccc2n1. The van der Waals surface area contributed by atoms with Crippen LogP contribution < -0.4 is 5.73 Å². The Morgan fingerprint density at radius 2 is 2.31 bits per heavy atom. The van der Waals surface area contributed by atoms with Gasteiger partial charge in [-0.15, -0.1) is 5.10 Å². The van der Waals surface area contributed by atoms with Crippen LogP contribution in [0.3, 0.4) is 0 Å². The van der Waals surface area contributed by atoms with Crippen molar-refractivity contribution in [2.45, 2.75) is 19.8 Å². The van der Waals surface area contributed by atoms with Crippen molar-refractivity contribution >= 4 is 11.5 Å². The molecule has 0 saturated carbocycles. The van der Waals surface area contributed by atoms with Crippen molar-refractivity contribution < 1.29 is 0 Å². The van der Waals surface area contributed by atoms with Crippen molar-refractivity contribution in [2.24, 2.45) is 0 Å². The summed E-state index contributed by atoms with van der Waals surface area (Å²) in [6.45, 7) is 2.13. The van der Waals surface area contributed by atoms with Gasteiger partial charge in [-0.3, -0.25) is 0 Å². The summed E-state index contributed by atoms with van der Waals surface area (Å²) >= 11 is 0. The van der Waals surface area contributed by atoms with Crippen LogP contribution in [0.15, 0.2) is 18.3 Å². The van der Waals surface area contributed by atoms with E-state index in [1.54, 1.807) is 10.6 Å². The molecule has 0 spiro atoms. The van der Waals surface area contributed by atoms with Gasteiger partial charge in [-0.05, 0) is 18.6 Å². The summed E-state index contributed by atoms with van der Waals surface area (Å²) < 4.78 is 1.72. The Balaban J connectivity index is 2.49. The fourth-order valence-corrected chi connectivity index (χ4v) is 1.32. The Morgan fingerprint density at radius 1 is 1.46 bits per heavy atom. The van der Waals surface area contributed by atoms with Crippen LogP contribution >= 0.6 is 0 Å². The lowest BCUT2D eigenvalue weighted by atomic mass is 10.3. The van der Waals surface area contributed by atoms with E-state index in [2.05, 4.69) is 17.0 Å². The molecule has 0 fully saturated rings. The Bertz CT molecular complexity index is 418. The Kier molecular flexibility index (Phi) is 1.88. The minimum absolute atomic E-state index is 0.521. The maximum atomic E-state index is 5.55. The van der Waals surface area contributed by atoms with Crippen molar-refractivity contribution in [3.8, 4) is 0 Å². The first-order valence-electron chi connectivity index (χ1n) is 4.40. The topological polar surface area (TPSA) is 56.2 Å². The van der Waals surface area contributed by atoms with Crippen LogP contribution in [0.1, 0.15) is 19.0 Å². The second-order valence-electron chi connectivity index (χ2n) is 3.04. The Hall–Kier alpha value is -1.58. The third-order valence-electron chi connectivity index (χ3n) is 1.90. The summed E-state index contributed by atoms with van der Waals surface area (Å²) in [4.78, 5) is 4.39. The largest absolute Gasteiger partial charge is 0.382 e. The lowest BCUT2D eigenvalue weighted by molar-refractivity contribution is 0.886. The molecule has 0 atom stereocenters. The second-order valence-corrected chi connectivity index (χ2v) is 3.04. The van der Waals surface area contributed by atoms with Gasteiger partial charge in [0.1, 0.15) is 5.82 Å². The van der Waals surface area contributed by atoms with Gasteiger partial charge in [-0.25, -0.2) is 9.50 Å². The van der Waals surface area contributed by atoms with Gasteiger partial charge in [0.25, 0.3) is 0 Å². The summed E-state index contributed by atoms with van der Waals surface area (Å²) in [7, 11) is 0. The smallest absolute Gasteiger partial charge is 0.153 e. The van der Waals surface area contributed by atoms with Gasteiger partial charge >= 0.3 is 0 Å². The predicted molar refractivity (Wildman–Crippen MR) is 51.4 cm³/mol. The third kappa shape index (κ3) is 1.47. The summed E-state index contributed by atoms with van der Waals surface area (Å²) in [5, 5.41) is 4.11.